The van der Waals surface area contributed by atoms with Gasteiger partial charge >= 0.3 is 0 Å². The van der Waals surface area contributed by atoms with Crippen LogP contribution in [0.25, 0.3) is 0 Å². The van der Waals surface area contributed by atoms with Crippen LogP contribution in [0.1, 0.15) is 13.3 Å². The Kier molecular flexibility index (Phi) is 4.95. The first-order valence-corrected chi connectivity index (χ1v) is 8.09. The van der Waals surface area contributed by atoms with Gasteiger partial charge in [0.2, 0.25) is 0 Å². The quantitative estimate of drug-likeness (QED) is 0.845. The molecule has 18 heavy (non-hydrogen) atoms. The van der Waals surface area contributed by atoms with Crippen molar-refractivity contribution in [1.29, 1.82) is 0 Å². The molecule has 0 radical (unpaired) electrons. The van der Waals surface area contributed by atoms with E-state index in [-0.39, 0.29) is 0 Å². The van der Waals surface area contributed by atoms with E-state index >= 15 is 0 Å². The van der Waals surface area contributed by atoms with E-state index in [0.717, 1.165) is 28.9 Å². The Bertz CT molecular complexity index is 419. The number of nitrogens with zero attached hydrogens (tertiary/aromatic N) is 2. The molecule has 0 saturated heterocycles. The largest absolute Gasteiger partial charge is 0.370 e. The van der Waals surface area contributed by atoms with Crippen LogP contribution in [-0.4, -0.2) is 30.1 Å². The molecular weight excluding hydrogens is 310 g/mol. The summed E-state index contributed by atoms with van der Waals surface area (Å²) in [5.74, 6) is 2.97. The van der Waals surface area contributed by atoms with Gasteiger partial charge in [-0.2, -0.15) is 11.8 Å². The van der Waals surface area contributed by atoms with Crippen LogP contribution >= 0.6 is 27.7 Å². The third kappa shape index (κ3) is 3.20. The molecule has 1 heterocycles. The van der Waals surface area contributed by atoms with E-state index in [1.807, 2.05) is 23.9 Å². The molecule has 2 N–H and O–H groups in total. The Morgan fingerprint density at radius 1 is 1.44 bits per heavy atom. The van der Waals surface area contributed by atoms with Crippen LogP contribution in [0.4, 0.5) is 5.69 Å². The second kappa shape index (κ2) is 6.48. The van der Waals surface area contributed by atoms with Gasteiger partial charge in [-0.05, 0) is 42.2 Å². The zero-order valence-electron chi connectivity index (χ0n) is 10.5. The molecule has 0 aromatic heterocycles. The molecule has 0 fully saturated rings. The fraction of sp³-hybridized carbons (Fsp3) is 0.462. The Morgan fingerprint density at radius 2 is 2.17 bits per heavy atom. The molecule has 0 bridgehead atoms. The highest BCUT2D eigenvalue weighted by atomic mass is 79.9. The number of hydrogen-bond donors (Lipinski definition) is 1. The van der Waals surface area contributed by atoms with E-state index < -0.39 is 0 Å². The van der Waals surface area contributed by atoms with Crippen LogP contribution < -0.4 is 10.6 Å². The summed E-state index contributed by atoms with van der Waals surface area (Å²) in [4.78, 5) is 6.53. The highest BCUT2D eigenvalue weighted by molar-refractivity contribution is 9.10. The van der Waals surface area contributed by atoms with Crippen molar-refractivity contribution in [2.75, 3.05) is 23.0 Å². The van der Waals surface area contributed by atoms with Crippen LogP contribution in [0.2, 0.25) is 0 Å². The molecule has 5 heteroatoms. The number of aliphatic imine (C=N–C) groups is 1. The first-order valence-electron chi connectivity index (χ1n) is 6.15. The van der Waals surface area contributed by atoms with Gasteiger partial charge in [-0.1, -0.05) is 22.9 Å². The molecule has 0 saturated carbocycles. The van der Waals surface area contributed by atoms with E-state index in [4.69, 9.17) is 5.73 Å². The molecular formula is C13H18BrN3S. The van der Waals surface area contributed by atoms with E-state index in [1.165, 1.54) is 5.75 Å². The highest BCUT2D eigenvalue weighted by Gasteiger charge is 2.26. The topological polar surface area (TPSA) is 41.6 Å². The number of guanidine groups is 1. The van der Waals surface area contributed by atoms with Crippen molar-refractivity contribution in [3.8, 4) is 0 Å². The molecule has 0 amide bonds. The molecule has 1 aliphatic heterocycles. The molecule has 3 nitrogen and oxygen atoms in total. The Balaban J connectivity index is 2.07. The van der Waals surface area contributed by atoms with Crippen molar-refractivity contribution in [2.45, 2.75) is 19.4 Å². The highest BCUT2D eigenvalue weighted by Crippen LogP contribution is 2.25. The zero-order valence-corrected chi connectivity index (χ0v) is 12.9. The van der Waals surface area contributed by atoms with Crippen molar-refractivity contribution < 1.29 is 0 Å². The van der Waals surface area contributed by atoms with Crippen molar-refractivity contribution in [1.82, 2.24) is 0 Å². The predicted molar refractivity (Wildman–Crippen MR) is 84.5 cm³/mol. The smallest absolute Gasteiger partial charge is 0.196 e. The molecule has 1 aromatic rings. The number of anilines is 1. The fourth-order valence-corrected chi connectivity index (χ4v) is 3.06. The van der Waals surface area contributed by atoms with Crippen molar-refractivity contribution in [2.24, 2.45) is 10.7 Å². The van der Waals surface area contributed by atoms with Crippen LogP contribution in [-0.2, 0) is 0 Å². The molecule has 0 aliphatic carbocycles. The first-order chi connectivity index (χ1) is 8.72. The minimum Gasteiger partial charge on any atom is -0.370 e. The summed E-state index contributed by atoms with van der Waals surface area (Å²) in [6.45, 7) is 3.00. The molecule has 1 atom stereocenters. The zero-order chi connectivity index (χ0) is 13.0. The summed E-state index contributed by atoms with van der Waals surface area (Å²) >= 11 is 5.42. The van der Waals surface area contributed by atoms with Crippen LogP contribution in [0.15, 0.2) is 33.7 Å². The summed E-state index contributed by atoms with van der Waals surface area (Å²) in [5, 5.41) is 0. The summed E-state index contributed by atoms with van der Waals surface area (Å²) in [6, 6.07) is 8.65. The van der Waals surface area contributed by atoms with E-state index in [1.54, 1.807) is 0 Å². The normalized spacial score (nSPS) is 19.1. The monoisotopic (exact) mass is 327 g/mol. The van der Waals surface area contributed by atoms with Gasteiger partial charge in [0.1, 0.15) is 0 Å². The lowest BCUT2D eigenvalue weighted by Gasteiger charge is -2.26. The average Bonchev–Trinajstić information content (AvgIpc) is 2.72. The summed E-state index contributed by atoms with van der Waals surface area (Å²) in [6.07, 6.45) is 1.12. The molecule has 1 aliphatic rings. The van der Waals surface area contributed by atoms with Crippen molar-refractivity contribution >= 4 is 39.3 Å². The van der Waals surface area contributed by atoms with Crippen molar-refractivity contribution in [3.05, 3.63) is 28.7 Å². The first kappa shape index (κ1) is 13.7. The third-order valence-electron chi connectivity index (χ3n) is 2.98. The minimum atomic E-state index is 0.408. The van der Waals surface area contributed by atoms with Gasteiger partial charge in [0.25, 0.3) is 0 Å². The molecule has 0 spiro atoms. The number of nitrogens with two attached hydrogens (primary N) is 1. The Morgan fingerprint density at radius 3 is 2.83 bits per heavy atom. The molecule has 2 rings (SSSR count). The lowest BCUT2D eigenvalue weighted by Crippen LogP contribution is -2.41. The summed E-state index contributed by atoms with van der Waals surface area (Å²) in [5.41, 5.74) is 7.13. The Hall–Kier alpha value is -0.680. The maximum Gasteiger partial charge on any atom is 0.196 e. The molecule has 1 unspecified atom stereocenters. The predicted octanol–water partition coefficient (Wildman–Crippen LogP) is 3.10. The Labute approximate surface area is 121 Å². The van der Waals surface area contributed by atoms with E-state index in [9.17, 15) is 0 Å². The lowest BCUT2D eigenvalue weighted by atomic mass is 10.2. The standard InChI is InChI=1S/C13H18BrN3S/c1-2-18-8-7-12-9-16-13(15)17(12)11-5-3-10(14)4-6-11/h3-6,12H,2,7-9H2,1H3,(H2,15,16). The minimum absolute atomic E-state index is 0.408. The van der Waals surface area contributed by atoms with E-state index in [2.05, 4.69) is 44.9 Å². The molecule has 1 aromatic carbocycles. The second-order valence-electron chi connectivity index (χ2n) is 4.18. The second-order valence-corrected chi connectivity index (χ2v) is 6.49. The summed E-state index contributed by atoms with van der Waals surface area (Å²) < 4.78 is 1.08. The number of halogens is 1. The van der Waals surface area contributed by atoms with Gasteiger partial charge in [-0.15, -0.1) is 0 Å². The van der Waals surface area contributed by atoms with Crippen molar-refractivity contribution in [3.63, 3.8) is 0 Å². The maximum atomic E-state index is 6.00. The van der Waals surface area contributed by atoms with Gasteiger partial charge in [-0.3, -0.25) is 4.99 Å². The van der Waals surface area contributed by atoms with Crippen LogP contribution in [0, 0.1) is 0 Å². The molecule has 98 valence electrons. The number of benzene rings is 1. The lowest BCUT2D eigenvalue weighted by molar-refractivity contribution is 0.690. The number of rotatable bonds is 5. The van der Waals surface area contributed by atoms with E-state index in [0.29, 0.717) is 12.0 Å². The van der Waals surface area contributed by atoms with Gasteiger partial charge in [0.05, 0.1) is 12.6 Å². The summed E-state index contributed by atoms with van der Waals surface area (Å²) in [7, 11) is 0. The van der Waals surface area contributed by atoms with Gasteiger partial charge < -0.3 is 10.6 Å². The van der Waals surface area contributed by atoms with Crippen LogP contribution in [0.5, 0.6) is 0 Å². The van der Waals surface area contributed by atoms with Gasteiger partial charge in [0.15, 0.2) is 5.96 Å². The maximum absolute atomic E-state index is 6.00. The number of hydrogen-bond acceptors (Lipinski definition) is 4. The number of thioether (sulfide) groups is 1. The fourth-order valence-electron chi connectivity index (χ4n) is 2.07. The SMILES string of the molecule is CCSCCC1CN=C(N)N1c1ccc(Br)cc1. The third-order valence-corrected chi connectivity index (χ3v) is 4.44. The van der Waals surface area contributed by atoms with Gasteiger partial charge in [-0.25, -0.2) is 0 Å². The van der Waals surface area contributed by atoms with Crippen LogP contribution in [0.3, 0.4) is 0 Å². The van der Waals surface area contributed by atoms with Gasteiger partial charge in [0, 0.05) is 10.2 Å². The average molecular weight is 328 g/mol.